The van der Waals surface area contributed by atoms with Crippen LogP contribution < -0.4 is 0 Å². The molecule has 0 spiro atoms. The lowest BCUT2D eigenvalue weighted by Gasteiger charge is -2.28. The van der Waals surface area contributed by atoms with Crippen LogP contribution in [0.25, 0.3) is 5.32 Å². The molecule has 1 nitrogen and oxygen atoms in total. The zero-order valence-corrected chi connectivity index (χ0v) is 7.03. The van der Waals surface area contributed by atoms with Gasteiger partial charge in [-0.25, -0.2) is 4.39 Å². The van der Waals surface area contributed by atoms with Gasteiger partial charge in [0.1, 0.15) is 0 Å². The zero-order chi connectivity index (χ0) is 9.78. The maximum atomic E-state index is 12.3. The second-order valence-corrected chi connectivity index (χ2v) is 2.59. The summed E-state index contributed by atoms with van der Waals surface area (Å²) in [7, 11) is 0. The van der Waals surface area contributed by atoms with Crippen LogP contribution >= 0.6 is 0 Å². The summed E-state index contributed by atoms with van der Waals surface area (Å²) in [5, 5.41) is 3.74. The molecule has 74 valence electrons. The van der Waals surface area contributed by atoms with E-state index in [1.807, 2.05) is 0 Å². The van der Waals surface area contributed by atoms with Gasteiger partial charge in [0.05, 0.1) is 0 Å². The van der Waals surface area contributed by atoms with Crippen molar-refractivity contribution in [2.45, 2.75) is 38.7 Å². The summed E-state index contributed by atoms with van der Waals surface area (Å²) >= 11 is 0. The smallest absolute Gasteiger partial charge is 0.419 e. The standard InChI is InChI=1S/C7H12F4N/c1-3-12-5(2)4-6(8)7(9,10)11/h5-6H,3-4H2,1-2H3/q-1. The van der Waals surface area contributed by atoms with Gasteiger partial charge in [0, 0.05) is 0 Å². The Morgan fingerprint density at radius 1 is 1.33 bits per heavy atom. The third-order valence-electron chi connectivity index (χ3n) is 1.40. The molecule has 0 rings (SSSR count). The Kier molecular flexibility index (Phi) is 4.52. The Morgan fingerprint density at radius 3 is 2.17 bits per heavy atom. The topological polar surface area (TPSA) is 14.1 Å². The summed E-state index contributed by atoms with van der Waals surface area (Å²) in [5.41, 5.74) is 0. The molecule has 0 amide bonds. The molecule has 0 saturated carbocycles. The Labute approximate surface area is 69.1 Å². The minimum atomic E-state index is -4.74. The fourth-order valence-electron chi connectivity index (χ4n) is 0.819. The van der Waals surface area contributed by atoms with Crippen LogP contribution in [-0.2, 0) is 0 Å². The van der Waals surface area contributed by atoms with Gasteiger partial charge in [-0.3, -0.25) is 0 Å². The predicted molar refractivity (Wildman–Crippen MR) is 38.9 cm³/mol. The van der Waals surface area contributed by atoms with Gasteiger partial charge in [0.2, 0.25) is 0 Å². The SMILES string of the molecule is CC[N-]C(C)CC(F)C(F)(F)F. The second-order valence-electron chi connectivity index (χ2n) is 2.59. The molecular weight excluding hydrogens is 174 g/mol. The zero-order valence-electron chi connectivity index (χ0n) is 7.03. The lowest BCUT2D eigenvalue weighted by Crippen LogP contribution is -2.27. The minimum absolute atomic E-state index is 0.422. The summed E-state index contributed by atoms with van der Waals surface area (Å²) < 4.78 is 47.2. The average molecular weight is 186 g/mol. The molecule has 0 radical (unpaired) electrons. The van der Waals surface area contributed by atoms with Crippen molar-refractivity contribution in [1.29, 1.82) is 0 Å². The molecule has 0 aromatic carbocycles. The number of hydrogen-bond donors (Lipinski definition) is 0. The van der Waals surface area contributed by atoms with Crippen molar-refractivity contribution in [1.82, 2.24) is 0 Å². The van der Waals surface area contributed by atoms with Crippen LogP contribution in [0.5, 0.6) is 0 Å². The molecule has 5 heteroatoms. The second kappa shape index (κ2) is 4.64. The summed E-state index contributed by atoms with van der Waals surface area (Å²) in [4.78, 5) is 0. The monoisotopic (exact) mass is 186 g/mol. The van der Waals surface area contributed by atoms with E-state index in [0.29, 0.717) is 6.54 Å². The van der Waals surface area contributed by atoms with E-state index in [1.165, 1.54) is 6.92 Å². The summed E-state index contributed by atoms with van der Waals surface area (Å²) in [5.74, 6) is 0. The van der Waals surface area contributed by atoms with Gasteiger partial charge in [-0.2, -0.15) is 19.7 Å². The van der Waals surface area contributed by atoms with E-state index < -0.39 is 24.8 Å². The summed E-state index contributed by atoms with van der Waals surface area (Å²) in [6, 6.07) is -0.563. The highest BCUT2D eigenvalue weighted by molar-refractivity contribution is 4.89. The van der Waals surface area contributed by atoms with Gasteiger partial charge in [-0.05, 0) is 6.42 Å². The van der Waals surface area contributed by atoms with Gasteiger partial charge < -0.3 is 5.32 Å². The lowest BCUT2D eigenvalue weighted by molar-refractivity contribution is -0.182. The molecule has 0 aliphatic rings. The minimum Gasteiger partial charge on any atom is -0.660 e. The molecule has 0 aliphatic heterocycles. The van der Waals surface area contributed by atoms with Crippen molar-refractivity contribution in [3.63, 3.8) is 0 Å². The largest absolute Gasteiger partial charge is 0.660 e. The van der Waals surface area contributed by atoms with Crippen molar-refractivity contribution in [2.24, 2.45) is 0 Å². The summed E-state index contributed by atoms with van der Waals surface area (Å²) in [6.07, 6.45) is -8.06. The normalized spacial score (nSPS) is 17.5. The Bertz CT molecular complexity index is 123. The van der Waals surface area contributed by atoms with Gasteiger partial charge in [-0.1, -0.05) is 13.8 Å². The van der Waals surface area contributed by atoms with Crippen LogP contribution in [0.4, 0.5) is 17.6 Å². The van der Waals surface area contributed by atoms with E-state index in [-0.39, 0.29) is 0 Å². The first-order valence-corrected chi connectivity index (χ1v) is 3.75. The Balaban J connectivity index is 3.76. The number of rotatable bonds is 4. The molecule has 0 saturated heterocycles. The van der Waals surface area contributed by atoms with Crippen molar-refractivity contribution in [2.75, 3.05) is 6.54 Å². The molecule has 12 heavy (non-hydrogen) atoms. The third-order valence-corrected chi connectivity index (χ3v) is 1.40. The number of nitrogens with zero attached hydrogens (tertiary/aromatic N) is 1. The fourth-order valence-corrected chi connectivity index (χ4v) is 0.819. The number of halogens is 4. The molecule has 0 aromatic heterocycles. The molecule has 0 bridgehead atoms. The van der Waals surface area contributed by atoms with Crippen molar-refractivity contribution >= 4 is 0 Å². The molecular formula is C7H12F4N-. The highest BCUT2D eigenvalue weighted by Crippen LogP contribution is 2.27. The molecule has 0 aromatic rings. The van der Waals surface area contributed by atoms with Crippen LogP contribution in [0.1, 0.15) is 20.3 Å². The molecule has 0 fully saturated rings. The highest BCUT2D eigenvalue weighted by Gasteiger charge is 2.39. The van der Waals surface area contributed by atoms with Crippen LogP contribution in [0.15, 0.2) is 0 Å². The van der Waals surface area contributed by atoms with Gasteiger partial charge in [-0.15, -0.1) is 6.04 Å². The van der Waals surface area contributed by atoms with E-state index in [1.54, 1.807) is 6.92 Å². The van der Waals surface area contributed by atoms with Crippen LogP contribution in [0.2, 0.25) is 0 Å². The van der Waals surface area contributed by atoms with Crippen LogP contribution in [0, 0.1) is 0 Å². The van der Waals surface area contributed by atoms with E-state index in [0.717, 1.165) is 0 Å². The van der Waals surface area contributed by atoms with Crippen LogP contribution in [-0.4, -0.2) is 24.9 Å². The van der Waals surface area contributed by atoms with Crippen LogP contribution in [0.3, 0.4) is 0 Å². The van der Waals surface area contributed by atoms with E-state index in [9.17, 15) is 17.6 Å². The summed E-state index contributed by atoms with van der Waals surface area (Å²) in [6.45, 7) is 3.60. The van der Waals surface area contributed by atoms with E-state index in [2.05, 4.69) is 5.32 Å². The fraction of sp³-hybridized carbons (Fsp3) is 1.00. The molecule has 2 unspecified atom stereocenters. The first-order valence-electron chi connectivity index (χ1n) is 3.75. The van der Waals surface area contributed by atoms with Gasteiger partial charge in [0.15, 0.2) is 6.17 Å². The number of alkyl halides is 4. The predicted octanol–water partition coefficient (Wildman–Crippen LogP) is 3.06. The number of hydrogen-bond acceptors (Lipinski definition) is 0. The Morgan fingerprint density at radius 2 is 1.83 bits per heavy atom. The van der Waals surface area contributed by atoms with Crippen molar-refractivity contribution in [3.8, 4) is 0 Å². The van der Waals surface area contributed by atoms with E-state index >= 15 is 0 Å². The van der Waals surface area contributed by atoms with Gasteiger partial charge >= 0.3 is 6.18 Å². The molecule has 2 atom stereocenters. The average Bonchev–Trinajstić information content (AvgIpc) is 1.85. The van der Waals surface area contributed by atoms with Crippen molar-refractivity contribution < 1.29 is 17.6 Å². The van der Waals surface area contributed by atoms with Gasteiger partial charge in [0.25, 0.3) is 0 Å². The quantitative estimate of drug-likeness (QED) is 0.599. The molecule has 0 aliphatic carbocycles. The van der Waals surface area contributed by atoms with Crippen molar-refractivity contribution in [3.05, 3.63) is 5.32 Å². The molecule has 0 heterocycles. The molecule has 0 N–H and O–H groups in total. The Hall–Kier alpha value is -0.320. The van der Waals surface area contributed by atoms with E-state index in [4.69, 9.17) is 0 Å². The lowest BCUT2D eigenvalue weighted by atomic mass is 10.1. The first-order chi connectivity index (χ1) is 5.38. The maximum Gasteiger partial charge on any atom is 0.419 e. The maximum absolute atomic E-state index is 12.3. The highest BCUT2D eigenvalue weighted by atomic mass is 19.4. The third kappa shape index (κ3) is 4.54. The first kappa shape index (κ1) is 11.7.